The second kappa shape index (κ2) is 6.08. The molecule has 2 aromatic heterocycles. The van der Waals surface area contributed by atoms with Gasteiger partial charge in [0.05, 0.1) is 17.8 Å². The number of fused-ring (bicyclic) bond motifs is 1. The maximum Gasteiger partial charge on any atom is 0.263 e. The van der Waals surface area contributed by atoms with Crippen LogP contribution in [0.5, 0.6) is 0 Å². The Morgan fingerprint density at radius 2 is 2.21 bits per heavy atom. The third-order valence-electron chi connectivity index (χ3n) is 4.30. The van der Waals surface area contributed by atoms with Crippen LogP contribution in [0, 0.1) is 5.95 Å². The van der Waals surface area contributed by atoms with E-state index >= 15 is 0 Å². The average molecular weight is 350 g/mol. The smallest absolute Gasteiger partial charge is 0.263 e. The Morgan fingerprint density at radius 3 is 2.96 bits per heavy atom. The Morgan fingerprint density at radius 1 is 1.33 bits per heavy atom. The predicted octanol–water partition coefficient (Wildman–Crippen LogP) is 2.57. The lowest BCUT2D eigenvalue weighted by atomic mass is 10.1. The molecule has 1 saturated heterocycles. The van der Waals surface area contributed by atoms with Gasteiger partial charge in [-0.3, -0.25) is 4.79 Å². The molecule has 4 rings (SSSR count). The molecule has 4 heterocycles. The summed E-state index contributed by atoms with van der Waals surface area (Å²) < 4.78 is 28.0. The standard InChI is InChI=1S/C16H16F2N4OS/c17-9-2-1-7-22(8-9)12-4-3-10(14(18)21-12)16-20-11-5-6-19-15(23)13(11)24-16/h3-4,9H,1-2,5-8H2,(H,19,23)/t9-/m1/s1. The Labute approximate surface area is 141 Å². The summed E-state index contributed by atoms with van der Waals surface area (Å²) in [6.45, 7) is 1.48. The van der Waals surface area contributed by atoms with E-state index in [9.17, 15) is 13.6 Å². The van der Waals surface area contributed by atoms with Crippen LogP contribution in [-0.4, -0.2) is 41.7 Å². The van der Waals surface area contributed by atoms with Crippen molar-refractivity contribution in [2.75, 3.05) is 24.5 Å². The van der Waals surface area contributed by atoms with Gasteiger partial charge in [-0.15, -0.1) is 11.3 Å². The molecular formula is C16H16F2N4OS. The fraction of sp³-hybridized carbons (Fsp3) is 0.438. The summed E-state index contributed by atoms with van der Waals surface area (Å²) in [4.78, 5) is 22.5. The van der Waals surface area contributed by atoms with E-state index in [1.807, 2.05) is 0 Å². The summed E-state index contributed by atoms with van der Waals surface area (Å²) in [6, 6.07) is 3.30. The van der Waals surface area contributed by atoms with E-state index in [4.69, 9.17) is 0 Å². The van der Waals surface area contributed by atoms with Crippen LogP contribution in [0.3, 0.4) is 0 Å². The fourth-order valence-corrected chi connectivity index (χ4v) is 4.12. The van der Waals surface area contributed by atoms with E-state index in [-0.39, 0.29) is 18.0 Å². The molecule has 1 N–H and O–H groups in total. The molecule has 2 aromatic rings. The molecule has 5 nitrogen and oxygen atoms in total. The molecule has 0 spiro atoms. The van der Waals surface area contributed by atoms with Crippen molar-refractivity contribution < 1.29 is 13.6 Å². The van der Waals surface area contributed by atoms with Gasteiger partial charge in [0, 0.05) is 19.5 Å². The van der Waals surface area contributed by atoms with Crippen LogP contribution in [-0.2, 0) is 6.42 Å². The van der Waals surface area contributed by atoms with Gasteiger partial charge in [0.25, 0.3) is 5.91 Å². The Kier molecular flexibility index (Phi) is 3.91. The Bertz CT molecular complexity index is 794. The summed E-state index contributed by atoms with van der Waals surface area (Å²) in [5, 5.41) is 3.21. The van der Waals surface area contributed by atoms with Crippen molar-refractivity contribution in [3.05, 3.63) is 28.7 Å². The van der Waals surface area contributed by atoms with Crippen LogP contribution in [0.2, 0.25) is 0 Å². The lowest BCUT2D eigenvalue weighted by Gasteiger charge is -2.29. The monoisotopic (exact) mass is 350 g/mol. The highest BCUT2D eigenvalue weighted by Crippen LogP contribution is 2.32. The minimum absolute atomic E-state index is 0.160. The quantitative estimate of drug-likeness (QED) is 0.846. The van der Waals surface area contributed by atoms with E-state index in [0.29, 0.717) is 47.3 Å². The maximum atomic E-state index is 14.5. The van der Waals surface area contributed by atoms with Gasteiger partial charge in [-0.1, -0.05) is 0 Å². The zero-order valence-corrected chi connectivity index (χ0v) is 13.7. The Balaban J connectivity index is 1.64. The highest BCUT2D eigenvalue weighted by molar-refractivity contribution is 7.17. The summed E-state index contributed by atoms with van der Waals surface area (Å²) in [5.74, 6) is -0.357. The van der Waals surface area contributed by atoms with Crippen LogP contribution >= 0.6 is 11.3 Å². The predicted molar refractivity (Wildman–Crippen MR) is 87.7 cm³/mol. The van der Waals surface area contributed by atoms with Crippen molar-refractivity contribution in [3.8, 4) is 10.6 Å². The number of rotatable bonds is 2. The average Bonchev–Trinajstić information content (AvgIpc) is 3.00. The molecule has 0 unspecified atom stereocenters. The van der Waals surface area contributed by atoms with E-state index < -0.39 is 12.1 Å². The maximum absolute atomic E-state index is 14.5. The number of alkyl halides is 1. The number of anilines is 1. The molecule has 126 valence electrons. The van der Waals surface area contributed by atoms with Crippen molar-refractivity contribution >= 4 is 23.1 Å². The van der Waals surface area contributed by atoms with Crippen molar-refractivity contribution in [2.24, 2.45) is 0 Å². The van der Waals surface area contributed by atoms with Crippen LogP contribution in [0.1, 0.15) is 28.2 Å². The highest BCUT2D eigenvalue weighted by atomic mass is 32.1. The molecule has 0 aromatic carbocycles. The summed E-state index contributed by atoms with van der Waals surface area (Å²) in [5.41, 5.74) is 0.985. The van der Waals surface area contributed by atoms with Crippen LogP contribution < -0.4 is 10.2 Å². The number of hydrogen-bond donors (Lipinski definition) is 1. The first-order chi connectivity index (χ1) is 11.6. The van der Waals surface area contributed by atoms with Crippen molar-refractivity contribution in [2.45, 2.75) is 25.4 Å². The van der Waals surface area contributed by atoms with Gasteiger partial charge in [0.15, 0.2) is 0 Å². The number of amides is 1. The van der Waals surface area contributed by atoms with Gasteiger partial charge in [0.1, 0.15) is 21.9 Å². The molecule has 24 heavy (non-hydrogen) atoms. The first-order valence-electron chi connectivity index (χ1n) is 7.95. The van der Waals surface area contributed by atoms with E-state index in [0.717, 1.165) is 6.42 Å². The summed E-state index contributed by atoms with van der Waals surface area (Å²) in [6.07, 6.45) is 1.04. The van der Waals surface area contributed by atoms with Crippen LogP contribution in [0.15, 0.2) is 12.1 Å². The summed E-state index contributed by atoms with van der Waals surface area (Å²) in [7, 11) is 0. The lowest BCUT2D eigenvalue weighted by Crippen LogP contribution is -2.37. The SMILES string of the molecule is O=C1NCCc2nc(-c3ccc(N4CCC[C@@H](F)C4)nc3F)sc21. The molecule has 0 saturated carbocycles. The van der Waals surface area contributed by atoms with E-state index in [2.05, 4.69) is 15.3 Å². The summed E-state index contributed by atoms with van der Waals surface area (Å²) >= 11 is 1.18. The number of nitrogens with zero attached hydrogens (tertiary/aromatic N) is 3. The molecular weight excluding hydrogens is 334 g/mol. The number of aromatic nitrogens is 2. The largest absolute Gasteiger partial charge is 0.354 e. The number of nitrogens with one attached hydrogen (secondary N) is 1. The molecule has 1 fully saturated rings. The van der Waals surface area contributed by atoms with E-state index in [1.165, 1.54) is 11.3 Å². The fourth-order valence-electron chi connectivity index (χ4n) is 3.08. The molecule has 8 heteroatoms. The molecule has 1 atom stereocenters. The van der Waals surface area contributed by atoms with Gasteiger partial charge in [0.2, 0.25) is 5.95 Å². The first-order valence-corrected chi connectivity index (χ1v) is 8.77. The van der Waals surface area contributed by atoms with Gasteiger partial charge in [-0.25, -0.2) is 14.4 Å². The topological polar surface area (TPSA) is 58.1 Å². The number of piperidine rings is 1. The third-order valence-corrected chi connectivity index (χ3v) is 5.43. The van der Waals surface area contributed by atoms with Gasteiger partial charge < -0.3 is 10.2 Å². The lowest BCUT2D eigenvalue weighted by molar-refractivity contribution is 0.0950. The van der Waals surface area contributed by atoms with Crippen molar-refractivity contribution in [1.82, 2.24) is 15.3 Å². The molecule has 2 aliphatic heterocycles. The first kappa shape index (κ1) is 15.4. The number of carbonyl (C=O) groups excluding carboxylic acids is 1. The number of carbonyl (C=O) groups is 1. The Hall–Kier alpha value is -2.09. The minimum Gasteiger partial charge on any atom is -0.354 e. The van der Waals surface area contributed by atoms with E-state index in [1.54, 1.807) is 17.0 Å². The van der Waals surface area contributed by atoms with Crippen molar-refractivity contribution in [1.29, 1.82) is 0 Å². The second-order valence-corrected chi connectivity index (χ2v) is 6.99. The normalized spacial score (nSPS) is 20.7. The zero-order valence-electron chi connectivity index (χ0n) is 12.9. The molecule has 1 amide bonds. The number of pyridine rings is 1. The van der Waals surface area contributed by atoms with Crippen molar-refractivity contribution in [3.63, 3.8) is 0 Å². The number of hydrogen-bond acceptors (Lipinski definition) is 5. The molecule has 0 radical (unpaired) electrons. The second-order valence-electron chi connectivity index (χ2n) is 5.99. The van der Waals surface area contributed by atoms with Gasteiger partial charge in [-0.05, 0) is 25.0 Å². The highest BCUT2D eigenvalue weighted by Gasteiger charge is 2.25. The molecule has 0 aliphatic carbocycles. The molecule has 2 aliphatic rings. The van der Waals surface area contributed by atoms with Gasteiger partial charge in [-0.2, -0.15) is 4.39 Å². The molecule has 0 bridgehead atoms. The number of halogens is 2. The third kappa shape index (κ3) is 2.75. The zero-order chi connectivity index (χ0) is 16.7. The van der Waals surface area contributed by atoms with Gasteiger partial charge >= 0.3 is 0 Å². The van der Waals surface area contributed by atoms with Crippen LogP contribution in [0.4, 0.5) is 14.6 Å². The number of thiazole rings is 1. The minimum atomic E-state index is -0.896. The van der Waals surface area contributed by atoms with Crippen LogP contribution in [0.25, 0.3) is 10.6 Å².